The van der Waals surface area contributed by atoms with Crippen molar-refractivity contribution in [2.24, 2.45) is 0 Å². The first kappa shape index (κ1) is 19.8. The van der Waals surface area contributed by atoms with E-state index in [1.807, 2.05) is 12.3 Å². The molecule has 0 unspecified atom stereocenters. The number of aromatic amines is 1. The molecule has 154 valence electrons. The van der Waals surface area contributed by atoms with E-state index >= 15 is 0 Å². The second kappa shape index (κ2) is 8.08. The number of H-pyrrole nitrogens is 1. The highest BCUT2D eigenvalue weighted by Crippen LogP contribution is 2.23. The molecule has 0 aliphatic carbocycles. The molecule has 0 saturated carbocycles. The number of sulfonamides is 1. The van der Waals surface area contributed by atoms with Crippen LogP contribution in [-0.4, -0.2) is 62.8 Å². The summed E-state index contributed by atoms with van der Waals surface area (Å²) in [6.07, 6.45) is 4.02. The van der Waals surface area contributed by atoms with Crippen LogP contribution in [0.2, 0.25) is 0 Å². The van der Waals surface area contributed by atoms with Gasteiger partial charge in [-0.1, -0.05) is 6.07 Å². The number of nitrogens with zero attached hydrogens (tertiary/aromatic N) is 3. The normalized spacial score (nSPS) is 18.2. The molecule has 1 aromatic heterocycles. The SMILES string of the molecule is O=C(c1ccc[nH+]c1N1CCCC1)N1CCN(S(=O)(=O)c2cccc(F)c2)CC1. The number of benzene rings is 1. The average molecular weight is 420 g/mol. The summed E-state index contributed by atoms with van der Waals surface area (Å²) in [6, 6.07) is 8.62. The van der Waals surface area contributed by atoms with E-state index in [0.717, 1.165) is 37.8 Å². The van der Waals surface area contributed by atoms with Crippen LogP contribution in [0.15, 0.2) is 47.5 Å². The van der Waals surface area contributed by atoms with Gasteiger partial charge in [0.15, 0.2) is 0 Å². The van der Waals surface area contributed by atoms with Gasteiger partial charge in [-0.2, -0.15) is 4.31 Å². The number of hydrogen-bond acceptors (Lipinski definition) is 4. The highest BCUT2D eigenvalue weighted by atomic mass is 32.2. The third-order valence-corrected chi connectivity index (χ3v) is 7.34. The van der Waals surface area contributed by atoms with Gasteiger partial charge in [-0.3, -0.25) is 9.69 Å². The van der Waals surface area contributed by atoms with Gasteiger partial charge in [0.1, 0.15) is 11.4 Å². The zero-order chi connectivity index (χ0) is 20.4. The molecule has 0 bridgehead atoms. The lowest BCUT2D eigenvalue weighted by atomic mass is 10.2. The standard InChI is InChI=1S/C20H23FN4O3S/c21-16-5-3-6-17(15-16)29(27,28)25-13-11-24(12-14-25)20(26)18-7-4-8-22-19(18)23-9-1-2-10-23/h3-8,15H,1-2,9-14H2/p+1. The molecular formula is C20H24FN4O3S+. The summed E-state index contributed by atoms with van der Waals surface area (Å²) in [5, 5.41) is 0. The number of rotatable bonds is 4. The van der Waals surface area contributed by atoms with Gasteiger partial charge in [-0.25, -0.2) is 17.8 Å². The lowest BCUT2D eigenvalue weighted by Crippen LogP contribution is -2.50. The molecule has 0 radical (unpaired) electrons. The molecule has 29 heavy (non-hydrogen) atoms. The third-order valence-electron chi connectivity index (χ3n) is 5.45. The number of hydrogen-bond donors (Lipinski definition) is 0. The fraction of sp³-hybridized carbons (Fsp3) is 0.400. The Morgan fingerprint density at radius 2 is 1.69 bits per heavy atom. The second-order valence-corrected chi connectivity index (χ2v) is 9.22. The molecule has 7 nitrogen and oxygen atoms in total. The summed E-state index contributed by atoms with van der Waals surface area (Å²) in [5.41, 5.74) is 0.607. The van der Waals surface area contributed by atoms with E-state index < -0.39 is 15.8 Å². The molecule has 9 heteroatoms. The van der Waals surface area contributed by atoms with E-state index in [1.165, 1.54) is 22.5 Å². The van der Waals surface area contributed by atoms with Crippen LogP contribution in [0, 0.1) is 5.82 Å². The Kier molecular flexibility index (Phi) is 5.51. The van der Waals surface area contributed by atoms with Gasteiger partial charge < -0.3 is 4.90 Å². The number of anilines is 1. The average Bonchev–Trinajstić information content (AvgIpc) is 3.28. The quantitative estimate of drug-likeness (QED) is 0.751. The Morgan fingerprint density at radius 1 is 0.966 bits per heavy atom. The minimum absolute atomic E-state index is 0.0637. The van der Waals surface area contributed by atoms with Crippen molar-refractivity contribution in [1.29, 1.82) is 0 Å². The van der Waals surface area contributed by atoms with Crippen molar-refractivity contribution < 1.29 is 22.6 Å². The molecular weight excluding hydrogens is 395 g/mol. The maximum atomic E-state index is 13.4. The molecule has 1 aromatic carbocycles. The summed E-state index contributed by atoms with van der Waals surface area (Å²) >= 11 is 0. The van der Waals surface area contributed by atoms with E-state index in [9.17, 15) is 17.6 Å². The fourth-order valence-corrected chi connectivity index (χ4v) is 5.34. The maximum Gasteiger partial charge on any atom is 0.287 e. The fourth-order valence-electron chi connectivity index (χ4n) is 3.88. The summed E-state index contributed by atoms with van der Waals surface area (Å²) in [6.45, 7) is 2.78. The number of carbonyl (C=O) groups is 1. The maximum absolute atomic E-state index is 13.4. The van der Waals surface area contributed by atoms with Gasteiger partial charge in [0, 0.05) is 26.2 Å². The number of nitrogens with one attached hydrogen (secondary N) is 1. The number of halogens is 1. The van der Waals surface area contributed by atoms with Crippen LogP contribution >= 0.6 is 0 Å². The van der Waals surface area contributed by atoms with Crippen molar-refractivity contribution in [1.82, 2.24) is 9.21 Å². The van der Waals surface area contributed by atoms with Crippen molar-refractivity contribution in [2.75, 3.05) is 44.2 Å². The largest absolute Gasteiger partial charge is 0.336 e. The lowest BCUT2D eigenvalue weighted by Gasteiger charge is -2.34. The van der Waals surface area contributed by atoms with Gasteiger partial charge >= 0.3 is 0 Å². The highest BCUT2D eigenvalue weighted by Gasteiger charge is 2.33. The van der Waals surface area contributed by atoms with Crippen LogP contribution in [0.5, 0.6) is 0 Å². The molecule has 1 N–H and O–H groups in total. The highest BCUT2D eigenvalue weighted by molar-refractivity contribution is 7.89. The number of pyridine rings is 1. The van der Waals surface area contributed by atoms with E-state index in [0.29, 0.717) is 18.7 Å². The molecule has 3 heterocycles. The topological polar surface area (TPSA) is 75.1 Å². The van der Waals surface area contributed by atoms with Crippen LogP contribution < -0.4 is 9.88 Å². The summed E-state index contributed by atoms with van der Waals surface area (Å²) in [7, 11) is -3.78. The van der Waals surface area contributed by atoms with Gasteiger partial charge in [-0.15, -0.1) is 0 Å². The predicted octanol–water partition coefficient (Wildman–Crippen LogP) is 1.39. The van der Waals surface area contributed by atoms with Gasteiger partial charge in [0.2, 0.25) is 10.0 Å². The Balaban J connectivity index is 1.47. The van der Waals surface area contributed by atoms with Crippen molar-refractivity contribution in [2.45, 2.75) is 17.7 Å². The number of amides is 1. The first-order valence-corrected chi connectivity index (χ1v) is 11.2. The van der Waals surface area contributed by atoms with Crippen LogP contribution in [0.4, 0.5) is 10.2 Å². The van der Waals surface area contributed by atoms with Crippen LogP contribution in [0.1, 0.15) is 23.2 Å². The van der Waals surface area contributed by atoms with E-state index in [2.05, 4.69) is 9.88 Å². The minimum atomic E-state index is -3.78. The first-order chi connectivity index (χ1) is 14.0. The number of aromatic nitrogens is 1. The van der Waals surface area contributed by atoms with Gasteiger partial charge in [0.05, 0.1) is 24.2 Å². The zero-order valence-corrected chi connectivity index (χ0v) is 16.9. The smallest absolute Gasteiger partial charge is 0.287 e. The molecule has 2 aliphatic rings. The molecule has 2 aromatic rings. The molecule has 0 atom stereocenters. The Bertz CT molecular complexity index is 1000. The van der Waals surface area contributed by atoms with E-state index in [4.69, 9.17) is 0 Å². The van der Waals surface area contributed by atoms with Gasteiger partial charge in [0.25, 0.3) is 11.7 Å². The minimum Gasteiger partial charge on any atom is -0.336 e. The lowest BCUT2D eigenvalue weighted by molar-refractivity contribution is -0.364. The van der Waals surface area contributed by atoms with E-state index in [1.54, 1.807) is 11.0 Å². The van der Waals surface area contributed by atoms with Crippen molar-refractivity contribution in [3.05, 3.63) is 54.0 Å². The molecule has 2 saturated heterocycles. The Hall–Kier alpha value is -2.52. The third kappa shape index (κ3) is 3.97. The molecule has 2 aliphatic heterocycles. The Labute approximate surface area is 169 Å². The summed E-state index contributed by atoms with van der Waals surface area (Å²) in [4.78, 5) is 20.1. The predicted molar refractivity (Wildman–Crippen MR) is 106 cm³/mol. The van der Waals surface area contributed by atoms with Gasteiger partial charge in [-0.05, 0) is 43.2 Å². The van der Waals surface area contributed by atoms with Crippen molar-refractivity contribution in [3.8, 4) is 0 Å². The van der Waals surface area contributed by atoms with E-state index in [-0.39, 0.29) is 23.9 Å². The second-order valence-electron chi connectivity index (χ2n) is 7.28. The van der Waals surface area contributed by atoms with Crippen LogP contribution in [0.25, 0.3) is 0 Å². The van der Waals surface area contributed by atoms with Crippen LogP contribution in [0.3, 0.4) is 0 Å². The summed E-state index contributed by atoms with van der Waals surface area (Å²) in [5.74, 6) is 0.131. The Morgan fingerprint density at radius 3 is 2.38 bits per heavy atom. The van der Waals surface area contributed by atoms with Crippen LogP contribution in [-0.2, 0) is 10.0 Å². The molecule has 2 fully saturated rings. The van der Waals surface area contributed by atoms with Crippen molar-refractivity contribution >= 4 is 21.7 Å². The first-order valence-electron chi connectivity index (χ1n) is 9.77. The molecule has 1 amide bonds. The monoisotopic (exact) mass is 419 g/mol. The van der Waals surface area contributed by atoms with Crippen molar-refractivity contribution in [3.63, 3.8) is 0 Å². The number of carbonyl (C=O) groups excluding carboxylic acids is 1. The summed E-state index contributed by atoms with van der Waals surface area (Å²) < 4.78 is 40.3. The molecule has 4 rings (SSSR count). The zero-order valence-electron chi connectivity index (χ0n) is 16.1. The number of piperazine rings is 1. The molecule has 0 spiro atoms.